The van der Waals surface area contributed by atoms with Crippen LogP contribution in [0.4, 0.5) is 0 Å². The standard InChI is InChI=1S/C18H18ClN3O2/c1-11-10-15(12(2)24-11)18(23)20-17(16-8-9-22(3)21-16)13-4-6-14(19)7-5-13/h4-10,17H,1-3H3,(H,20,23)/t17-/m1/s1. The van der Waals surface area contributed by atoms with Crippen LogP contribution in [-0.2, 0) is 7.05 Å². The molecule has 1 N–H and O–H groups in total. The third-order valence-corrected chi connectivity index (χ3v) is 4.05. The van der Waals surface area contributed by atoms with E-state index in [1.165, 1.54) is 0 Å². The quantitative estimate of drug-likeness (QED) is 0.783. The van der Waals surface area contributed by atoms with Crippen molar-refractivity contribution >= 4 is 17.5 Å². The van der Waals surface area contributed by atoms with Crippen LogP contribution in [0.5, 0.6) is 0 Å². The molecule has 0 saturated carbocycles. The van der Waals surface area contributed by atoms with Crippen molar-refractivity contribution in [1.82, 2.24) is 15.1 Å². The fourth-order valence-electron chi connectivity index (χ4n) is 2.64. The Morgan fingerprint density at radius 2 is 1.96 bits per heavy atom. The second-order valence-corrected chi connectivity index (χ2v) is 6.14. The number of benzene rings is 1. The summed E-state index contributed by atoms with van der Waals surface area (Å²) in [6.07, 6.45) is 1.84. The van der Waals surface area contributed by atoms with Crippen LogP contribution in [0.15, 0.2) is 47.0 Å². The summed E-state index contributed by atoms with van der Waals surface area (Å²) in [6, 6.07) is 10.6. The summed E-state index contributed by atoms with van der Waals surface area (Å²) in [7, 11) is 1.84. The maximum atomic E-state index is 12.7. The Morgan fingerprint density at radius 1 is 1.25 bits per heavy atom. The number of rotatable bonds is 4. The molecule has 5 nitrogen and oxygen atoms in total. The van der Waals surface area contributed by atoms with Crippen molar-refractivity contribution in [2.24, 2.45) is 7.05 Å². The summed E-state index contributed by atoms with van der Waals surface area (Å²) in [5.41, 5.74) is 2.19. The van der Waals surface area contributed by atoms with Gasteiger partial charge in [0.1, 0.15) is 11.5 Å². The van der Waals surface area contributed by atoms with Crippen molar-refractivity contribution in [3.8, 4) is 0 Å². The maximum Gasteiger partial charge on any atom is 0.255 e. The summed E-state index contributed by atoms with van der Waals surface area (Å²) >= 11 is 5.97. The monoisotopic (exact) mass is 343 g/mol. The largest absolute Gasteiger partial charge is 0.466 e. The van der Waals surface area contributed by atoms with E-state index in [1.54, 1.807) is 29.8 Å². The number of halogens is 1. The first-order valence-corrected chi connectivity index (χ1v) is 7.95. The molecule has 0 fully saturated rings. The minimum Gasteiger partial charge on any atom is -0.466 e. The highest BCUT2D eigenvalue weighted by Gasteiger charge is 2.22. The van der Waals surface area contributed by atoms with Crippen LogP contribution in [0.1, 0.15) is 39.2 Å². The highest BCUT2D eigenvalue weighted by atomic mass is 35.5. The first-order valence-electron chi connectivity index (χ1n) is 7.57. The van der Waals surface area contributed by atoms with Gasteiger partial charge in [0, 0.05) is 18.3 Å². The van der Waals surface area contributed by atoms with Crippen molar-refractivity contribution in [2.45, 2.75) is 19.9 Å². The van der Waals surface area contributed by atoms with E-state index in [1.807, 2.05) is 38.4 Å². The molecule has 24 heavy (non-hydrogen) atoms. The normalized spacial score (nSPS) is 12.2. The van der Waals surface area contributed by atoms with Gasteiger partial charge in [-0.2, -0.15) is 5.10 Å². The van der Waals surface area contributed by atoms with Crippen LogP contribution in [0.25, 0.3) is 0 Å². The average Bonchev–Trinajstić information content (AvgIpc) is 3.11. The molecule has 0 radical (unpaired) electrons. The van der Waals surface area contributed by atoms with E-state index >= 15 is 0 Å². The summed E-state index contributed by atoms with van der Waals surface area (Å²) in [5, 5.41) is 8.11. The van der Waals surface area contributed by atoms with Gasteiger partial charge in [0.2, 0.25) is 0 Å². The number of nitrogens with one attached hydrogen (secondary N) is 1. The SMILES string of the molecule is Cc1cc(C(=O)N[C@H](c2ccc(Cl)cc2)c2ccn(C)n2)c(C)o1. The van der Waals surface area contributed by atoms with E-state index < -0.39 is 0 Å². The molecule has 1 atom stereocenters. The second-order valence-electron chi connectivity index (χ2n) is 5.70. The van der Waals surface area contributed by atoms with Gasteiger partial charge >= 0.3 is 0 Å². The Hall–Kier alpha value is -2.53. The smallest absolute Gasteiger partial charge is 0.255 e. The molecule has 2 aromatic heterocycles. The number of carbonyl (C=O) groups excluding carboxylic acids is 1. The fraction of sp³-hybridized carbons (Fsp3) is 0.222. The lowest BCUT2D eigenvalue weighted by atomic mass is 10.0. The van der Waals surface area contributed by atoms with Crippen LogP contribution in [0.2, 0.25) is 5.02 Å². The number of hydrogen-bond donors (Lipinski definition) is 1. The van der Waals surface area contributed by atoms with E-state index in [0.717, 1.165) is 11.3 Å². The number of nitrogens with zero attached hydrogens (tertiary/aromatic N) is 2. The Morgan fingerprint density at radius 3 is 2.50 bits per heavy atom. The maximum absolute atomic E-state index is 12.7. The molecule has 0 bridgehead atoms. The number of amides is 1. The zero-order valence-corrected chi connectivity index (χ0v) is 14.5. The zero-order valence-electron chi connectivity index (χ0n) is 13.7. The number of carbonyl (C=O) groups is 1. The van der Waals surface area contributed by atoms with Crippen molar-refractivity contribution in [3.05, 3.63) is 76.0 Å². The molecule has 0 aliphatic carbocycles. The number of furan rings is 1. The molecular formula is C18H18ClN3O2. The molecule has 0 unspecified atom stereocenters. The van der Waals surface area contributed by atoms with Gasteiger partial charge < -0.3 is 9.73 Å². The molecule has 1 amide bonds. The number of hydrogen-bond acceptors (Lipinski definition) is 3. The summed E-state index contributed by atoms with van der Waals surface area (Å²) < 4.78 is 7.16. The molecular weight excluding hydrogens is 326 g/mol. The van der Waals surface area contributed by atoms with Crippen molar-refractivity contribution in [3.63, 3.8) is 0 Å². The lowest BCUT2D eigenvalue weighted by Gasteiger charge is -2.17. The van der Waals surface area contributed by atoms with Crippen molar-refractivity contribution < 1.29 is 9.21 Å². The minimum absolute atomic E-state index is 0.199. The van der Waals surface area contributed by atoms with Gasteiger partial charge in [-0.3, -0.25) is 9.48 Å². The van der Waals surface area contributed by atoms with E-state index in [0.29, 0.717) is 22.1 Å². The lowest BCUT2D eigenvalue weighted by molar-refractivity contribution is 0.0940. The van der Waals surface area contributed by atoms with Crippen LogP contribution < -0.4 is 5.32 Å². The van der Waals surface area contributed by atoms with E-state index in [9.17, 15) is 4.79 Å². The predicted octanol–water partition coefficient (Wildman–Crippen LogP) is 3.80. The lowest BCUT2D eigenvalue weighted by Crippen LogP contribution is -2.30. The van der Waals surface area contributed by atoms with E-state index in [2.05, 4.69) is 10.4 Å². The third kappa shape index (κ3) is 3.36. The second kappa shape index (κ2) is 6.53. The van der Waals surface area contributed by atoms with Gasteiger partial charge in [-0.15, -0.1) is 0 Å². The molecule has 0 aliphatic heterocycles. The van der Waals surface area contributed by atoms with E-state index in [4.69, 9.17) is 16.0 Å². The minimum atomic E-state index is -0.370. The molecule has 0 spiro atoms. The van der Waals surface area contributed by atoms with Crippen LogP contribution >= 0.6 is 11.6 Å². The van der Waals surface area contributed by atoms with Crippen molar-refractivity contribution in [1.29, 1.82) is 0 Å². The van der Waals surface area contributed by atoms with Crippen LogP contribution in [0, 0.1) is 13.8 Å². The van der Waals surface area contributed by atoms with Gasteiger partial charge in [-0.05, 0) is 43.7 Å². The molecule has 0 saturated heterocycles. The summed E-state index contributed by atoms with van der Waals surface area (Å²) in [4.78, 5) is 12.7. The van der Waals surface area contributed by atoms with Gasteiger partial charge in [-0.25, -0.2) is 0 Å². The number of aryl methyl sites for hydroxylation is 3. The van der Waals surface area contributed by atoms with Gasteiger partial charge in [0.15, 0.2) is 0 Å². The number of aromatic nitrogens is 2. The Balaban J connectivity index is 1.94. The third-order valence-electron chi connectivity index (χ3n) is 3.79. The van der Waals surface area contributed by atoms with Gasteiger partial charge in [0.25, 0.3) is 5.91 Å². The Kier molecular flexibility index (Phi) is 4.44. The van der Waals surface area contributed by atoms with Gasteiger partial charge in [-0.1, -0.05) is 23.7 Å². The highest BCUT2D eigenvalue weighted by molar-refractivity contribution is 6.30. The van der Waals surface area contributed by atoms with Gasteiger partial charge in [0.05, 0.1) is 17.3 Å². The molecule has 3 aromatic rings. The predicted molar refractivity (Wildman–Crippen MR) is 92.2 cm³/mol. The molecule has 1 aromatic carbocycles. The molecule has 6 heteroatoms. The summed E-state index contributed by atoms with van der Waals surface area (Å²) in [5.74, 6) is 1.11. The zero-order chi connectivity index (χ0) is 17.3. The average molecular weight is 344 g/mol. The molecule has 0 aliphatic rings. The Bertz CT molecular complexity index is 865. The highest BCUT2D eigenvalue weighted by Crippen LogP contribution is 2.24. The Labute approximate surface area is 145 Å². The van der Waals surface area contributed by atoms with Crippen LogP contribution in [-0.4, -0.2) is 15.7 Å². The topological polar surface area (TPSA) is 60.1 Å². The molecule has 124 valence electrons. The van der Waals surface area contributed by atoms with Crippen molar-refractivity contribution in [2.75, 3.05) is 0 Å². The first-order chi connectivity index (χ1) is 11.4. The van der Waals surface area contributed by atoms with E-state index in [-0.39, 0.29) is 11.9 Å². The first kappa shape index (κ1) is 16.3. The van der Waals surface area contributed by atoms with Crippen LogP contribution in [0.3, 0.4) is 0 Å². The fourth-order valence-corrected chi connectivity index (χ4v) is 2.76. The molecule has 2 heterocycles. The molecule has 3 rings (SSSR count). The summed E-state index contributed by atoms with van der Waals surface area (Å²) in [6.45, 7) is 3.60.